The van der Waals surface area contributed by atoms with Crippen molar-refractivity contribution in [2.24, 2.45) is 0 Å². The van der Waals surface area contributed by atoms with Crippen molar-refractivity contribution in [3.05, 3.63) is 48.0 Å². The number of nitrogens with zero attached hydrogens (tertiary/aromatic N) is 4. The van der Waals surface area contributed by atoms with Gasteiger partial charge in [-0.15, -0.1) is 0 Å². The molecule has 3 aromatic heterocycles. The van der Waals surface area contributed by atoms with Crippen molar-refractivity contribution < 1.29 is 4.74 Å². The maximum absolute atomic E-state index is 5.24. The molecule has 1 aromatic carbocycles. The van der Waals surface area contributed by atoms with Gasteiger partial charge in [-0.1, -0.05) is 19.6 Å². The third kappa shape index (κ3) is 3.03. The van der Waals surface area contributed by atoms with Gasteiger partial charge in [0.05, 0.1) is 36.6 Å². The number of pyridine rings is 1. The van der Waals surface area contributed by atoms with Crippen LogP contribution in [0.5, 0.6) is 5.88 Å². The van der Waals surface area contributed by atoms with Crippen LogP contribution in [0.1, 0.15) is 31.8 Å². The van der Waals surface area contributed by atoms with E-state index in [4.69, 9.17) is 4.74 Å². The molecule has 1 atom stereocenters. The number of anilines is 1. The predicted octanol–water partition coefficient (Wildman–Crippen LogP) is 4.03. The number of nitrogens with one attached hydrogen (secondary N) is 2. The summed E-state index contributed by atoms with van der Waals surface area (Å²) in [5.74, 6) is 1.99. The van der Waals surface area contributed by atoms with Crippen molar-refractivity contribution in [1.29, 1.82) is 0 Å². The number of rotatable bonds is 4. The van der Waals surface area contributed by atoms with Crippen molar-refractivity contribution in [2.45, 2.75) is 27.3 Å². The third-order valence-corrected chi connectivity index (χ3v) is 4.22. The van der Waals surface area contributed by atoms with Gasteiger partial charge in [-0.25, -0.2) is 15.0 Å². The zero-order valence-corrected chi connectivity index (χ0v) is 14.2. The molecule has 0 saturated heterocycles. The zero-order valence-electron chi connectivity index (χ0n) is 14.2. The number of hydrogen-bond donors (Lipinski definition) is 2. The molecule has 26 heavy (non-hydrogen) atoms. The van der Waals surface area contributed by atoms with Gasteiger partial charge in [0.15, 0.2) is 0 Å². The highest BCUT2D eigenvalue weighted by molar-refractivity contribution is 5.90. The molecule has 7 heteroatoms. The minimum absolute atomic E-state index is 0. The molecule has 4 rings (SSSR count). The SMILES string of the molecule is C.COc1cc2c(NC(C)c3cccc4[nH]ncc34)nc(C)nc2cn1. The van der Waals surface area contributed by atoms with Gasteiger partial charge < -0.3 is 10.1 Å². The maximum atomic E-state index is 5.24. The molecule has 0 aliphatic heterocycles. The van der Waals surface area contributed by atoms with Crippen molar-refractivity contribution in [2.75, 3.05) is 12.4 Å². The topological polar surface area (TPSA) is 88.6 Å². The average molecular weight is 350 g/mol. The summed E-state index contributed by atoms with van der Waals surface area (Å²) in [5.41, 5.74) is 2.95. The van der Waals surface area contributed by atoms with Crippen molar-refractivity contribution in [3.63, 3.8) is 0 Å². The van der Waals surface area contributed by atoms with Gasteiger partial charge in [-0.05, 0) is 25.5 Å². The van der Waals surface area contributed by atoms with Gasteiger partial charge in [-0.3, -0.25) is 5.10 Å². The largest absolute Gasteiger partial charge is 0.481 e. The summed E-state index contributed by atoms with van der Waals surface area (Å²) < 4.78 is 5.24. The molecule has 1 unspecified atom stereocenters. The van der Waals surface area contributed by atoms with E-state index in [0.29, 0.717) is 11.7 Å². The van der Waals surface area contributed by atoms with Gasteiger partial charge in [0, 0.05) is 16.8 Å². The summed E-state index contributed by atoms with van der Waals surface area (Å²) in [7, 11) is 1.60. The molecule has 0 spiro atoms. The van der Waals surface area contributed by atoms with Crippen LogP contribution in [-0.4, -0.2) is 32.3 Å². The summed E-state index contributed by atoms with van der Waals surface area (Å²) in [6.07, 6.45) is 3.55. The Hall–Kier alpha value is -3.22. The molecule has 0 aliphatic rings. The second-order valence-electron chi connectivity index (χ2n) is 5.91. The predicted molar refractivity (Wildman–Crippen MR) is 103 cm³/mol. The fourth-order valence-corrected chi connectivity index (χ4v) is 3.00. The lowest BCUT2D eigenvalue weighted by atomic mass is 10.0. The molecule has 7 nitrogen and oxygen atoms in total. The van der Waals surface area contributed by atoms with Crippen molar-refractivity contribution in [3.8, 4) is 5.88 Å². The van der Waals surface area contributed by atoms with Gasteiger partial charge >= 0.3 is 0 Å². The number of ether oxygens (including phenoxy) is 1. The lowest BCUT2D eigenvalue weighted by Crippen LogP contribution is -2.10. The highest BCUT2D eigenvalue weighted by Crippen LogP contribution is 2.29. The first-order chi connectivity index (χ1) is 12.2. The molecule has 0 bridgehead atoms. The summed E-state index contributed by atoms with van der Waals surface area (Å²) in [6.45, 7) is 3.97. The lowest BCUT2D eigenvalue weighted by Gasteiger charge is -2.17. The summed E-state index contributed by atoms with van der Waals surface area (Å²) in [4.78, 5) is 13.3. The van der Waals surface area contributed by atoms with Gasteiger partial charge in [0.1, 0.15) is 11.6 Å². The number of fused-ring (bicyclic) bond motifs is 2. The van der Waals surface area contributed by atoms with Crippen LogP contribution in [-0.2, 0) is 0 Å². The summed E-state index contributed by atoms with van der Waals surface area (Å²) in [6, 6.07) is 8.01. The Morgan fingerprint density at radius 1 is 1.15 bits per heavy atom. The summed E-state index contributed by atoms with van der Waals surface area (Å²) >= 11 is 0. The number of methoxy groups -OCH3 is 1. The molecular weight excluding hydrogens is 328 g/mol. The number of aryl methyl sites for hydroxylation is 1. The normalized spacial score (nSPS) is 12.0. The Morgan fingerprint density at radius 3 is 2.81 bits per heavy atom. The highest BCUT2D eigenvalue weighted by Gasteiger charge is 2.14. The van der Waals surface area contributed by atoms with E-state index in [-0.39, 0.29) is 13.5 Å². The third-order valence-electron chi connectivity index (χ3n) is 4.22. The van der Waals surface area contributed by atoms with E-state index >= 15 is 0 Å². The zero-order chi connectivity index (χ0) is 17.4. The standard InChI is InChI=1S/C18H18N6O.CH4/c1-10(12-5-4-6-15-14(12)8-20-24-15)21-18-13-7-17(25-3)19-9-16(13)22-11(2)23-18;/h4-10H,1-3H3,(H,20,24)(H,21,22,23);1H4. The van der Waals surface area contributed by atoms with Crippen LogP contribution in [0.4, 0.5) is 5.82 Å². The number of H-pyrrole nitrogens is 1. The van der Waals surface area contributed by atoms with Crippen LogP contribution < -0.4 is 10.1 Å². The first kappa shape index (κ1) is 17.6. The van der Waals surface area contributed by atoms with Gasteiger partial charge in [-0.2, -0.15) is 5.10 Å². The van der Waals surface area contributed by atoms with Crippen LogP contribution in [0.3, 0.4) is 0 Å². The minimum Gasteiger partial charge on any atom is -0.481 e. The van der Waals surface area contributed by atoms with E-state index in [9.17, 15) is 0 Å². The minimum atomic E-state index is 0. The fraction of sp³-hybridized carbons (Fsp3) is 0.263. The van der Waals surface area contributed by atoms with E-state index in [1.807, 2.05) is 31.3 Å². The smallest absolute Gasteiger partial charge is 0.213 e. The molecule has 3 heterocycles. The second-order valence-corrected chi connectivity index (χ2v) is 5.91. The Labute approximate surface area is 151 Å². The molecule has 0 saturated carbocycles. The Kier molecular flexibility index (Phi) is 4.71. The summed E-state index contributed by atoms with van der Waals surface area (Å²) in [5, 5.41) is 12.6. The van der Waals surface area contributed by atoms with Crippen LogP contribution in [0.25, 0.3) is 21.8 Å². The molecule has 2 N–H and O–H groups in total. The van der Waals surface area contributed by atoms with Crippen LogP contribution >= 0.6 is 0 Å². The van der Waals surface area contributed by atoms with Gasteiger partial charge in [0.2, 0.25) is 5.88 Å². The Bertz CT molecular complexity index is 1060. The molecule has 134 valence electrons. The second kappa shape index (κ2) is 6.95. The van der Waals surface area contributed by atoms with Crippen LogP contribution in [0, 0.1) is 6.92 Å². The lowest BCUT2D eigenvalue weighted by molar-refractivity contribution is 0.398. The highest BCUT2D eigenvalue weighted by atomic mass is 16.5. The Balaban J connectivity index is 0.00000196. The molecule has 0 aliphatic carbocycles. The molecular formula is C19H22N6O. The maximum Gasteiger partial charge on any atom is 0.213 e. The number of benzene rings is 1. The van der Waals surface area contributed by atoms with E-state index in [2.05, 4.69) is 43.5 Å². The molecule has 4 aromatic rings. The molecule has 0 radical (unpaired) electrons. The van der Waals surface area contributed by atoms with E-state index in [1.54, 1.807) is 13.3 Å². The van der Waals surface area contributed by atoms with E-state index in [0.717, 1.165) is 33.2 Å². The Morgan fingerprint density at radius 2 is 2.00 bits per heavy atom. The first-order valence-corrected chi connectivity index (χ1v) is 8.02. The average Bonchev–Trinajstić information content (AvgIpc) is 3.10. The quantitative estimate of drug-likeness (QED) is 0.578. The van der Waals surface area contributed by atoms with E-state index in [1.165, 1.54) is 0 Å². The van der Waals surface area contributed by atoms with Crippen molar-refractivity contribution >= 4 is 27.6 Å². The monoisotopic (exact) mass is 350 g/mol. The molecule has 0 fully saturated rings. The fourth-order valence-electron chi connectivity index (χ4n) is 3.00. The van der Waals surface area contributed by atoms with Crippen LogP contribution in [0.2, 0.25) is 0 Å². The number of aromatic nitrogens is 5. The number of aromatic amines is 1. The van der Waals surface area contributed by atoms with Crippen LogP contribution in [0.15, 0.2) is 36.7 Å². The van der Waals surface area contributed by atoms with Crippen molar-refractivity contribution in [1.82, 2.24) is 25.1 Å². The number of hydrogen-bond acceptors (Lipinski definition) is 6. The first-order valence-electron chi connectivity index (χ1n) is 8.02. The molecule has 0 amide bonds. The van der Waals surface area contributed by atoms with Gasteiger partial charge in [0.25, 0.3) is 0 Å². The van der Waals surface area contributed by atoms with E-state index < -0.39 is 0 Å².